The molecule has 55 heavy (non-hydrogen) atoms. The Morgan fingerprint density at radius 3 is 1.80 bits per heavy atom. The van der Waals surface area contributed by atoms with Crippen molar-refractivity contribution in [3.63, 3.8) is 0 Å². The van der Waals surface area contributed by atoms with Gasteiger partial charge in [0.15, 0.2) is 8.07 Å². The maximum Gasteiger partial charge on any atom is 0.302 e. The summed E-state index contributed by atoms with van der Waals surface area (Å²) in [6, 6.07) is 72.4. The van der Waals surface area contributed by atoms with Gasteiger partial charge in [-0.3, -0.25) is 4.57 Å². The summed E-state index contributed by atoms with van der Waals surface area (Å²) >= 11 is 1.86. The minimum absolute atomic E-state index is 0.529. The molecular formula is C50H34N2OSSi. The molecule has 5 heteroatoms. The van der Waals surface area contributed by atoms with E-state index in [0.29, 0.717) is 12.6 Å². The standard InChI is InChI=1S/C50H34N2OSSi/c1-3-16-39(17-4-1)55(40-18-5-2-6-19-40,41-20-11-14-34(29-41)36-26-28-49-44(31-36)43-22-8-10-24-48(43)54-49)42-21-12-15-35(30-42)37-25-27-47-45(32-37)51-50-52(47)46-23-9-7-13-38(46)33-53-50/h1-32H,33H2. The van der Waals surface area contributed by atoms with Gasteiger partial charge < -0.3 is 4.74 Å². The number of thiophene rings is 1. The second kappa shape index (κ2) is 12.8. The summed E-state index contributed by atoms with van der Waals surface area (Å²) in [5.41, 5.74) is 9.03. The quantitative estimate of drug-likeness (QED) is 0.126. The summed E-state index contributed by atoms with van der Waals surface area (Å²) in [5.74, 6) is 0. The lowest BCUT2D eigenvalue weighted by molar-refractivity contribution is 0.265. The molecule has 1 aliphatic heterocycles. The molecule has 0 saturated heterocycles. The van der Waals surface area contributed by atoms with Gasteiger partial charge >= 0.3 is 6.01 Å². The largest absolute Gasteiger partial charge is 0.459 e. The minimum Gasteiger partial charge on any atom is -0.459 e. The van der Waals surface area contributed by atoms with Crippen molar-refractivity contribution in [2.75, 3.05) is 0 Å². The predicted molar refractivity (Wildman–Crippen MR) is 233 cm³/mol. The number of imidazole rings is 1. The molecule has 3 heterocycles. The number of fused-ring (bicyclic) bond motifs is 8. The van der Waals surface area contributed by atoms with Crippen molar-refractivity contribution in [1.82, 2.24) is 9.55 Å². The van der Waals surface area contributed by atoms with Gasteiger partial charge in [-0.15, -0.1) is 11.3 Å². The van der Waals surface area contributed by atoms with Gasteiger partial charge in [0, 0.05) is 25.7 Å². The first-order chi connectivity index (χ1) is 27.2. The first-order valence-corrected chi connectivity index (χ1v) is 21.5. The van der Waals surface area contributed by atoms with Crippen molar-refractivity contribution in [1.29, 1.82) is 0 Å². The number of aromatic nitrogens is 2. The van der Waals surface area contributed by atoms with Crippen LogP contribution >= 0.6 is 11.3 Å². The highest BCUT2D eigenvalue weighted by Crippen LogP contribution is 2.37. The Morgan fingerprint density at radius 2 is 1.05 bits per heavy atom. The van der Waals surface area contributed by atoms with Gasteiger partial charge in [0.25, 0.3) is 0 Å². The van der Waals surface area contributed by atoms with Crippen molar-refractivity contribution < 1.29 is 4.74 Å². The molecule has 0 N–H and O–H groups in total. The van der Waals surface area contributed by atoms with Crippen molar-refractivity contribution in [3.8, 4) is 34.0 Å². The molecule has 0 fully saturated rings. The van der Waals surface area contributed by atoms with E-state index in [4.69, 9.17) is 9.72 Å². The summed E-state index contributed by atoms with van der Waals surface area (Å²) in [5, 5.41) is 8.02. The number of ether oxygens (including phenoxy) is 1. The Morgan fingerprint density at radius 1 is 0.473 bits per heavy atom. The monoisotopic (exact) mass is 738 g/mol. The fourth-order valence-corrected chi connectivity index (χ4v) is 14.6. The van der Waals surface area contributed by atoms with Crippen LogP contribution in [-0.4, -0.2) is 17.6 Å². The maximum absolute atomic E-state index is 6.13. The average Bonchev–Trinajstić information content (AvgIpc) is 3.83. The van der Waals surface area contributed by atoms with E-state index in [2.05, 4.69) is 199 Å². The van der Waals surface area contributed by atoms with Crippen molar-refractivity contribution in [3.05, 3.63) is 200 Å². The third-order valence-electron chi connectivity index (χ3n) is 11.3. The minimum atomic E-state index is -2.85. The molecule has 0 atom stereocenters. The fourth-order valence-electron chi connectivity index (χ4n) is 8.71. The average molecular weight is 739 g/mol. The van der Waals surface area contributed by atoms with E-state index in [9.17, 15) is 0 Å². The molecule has 0 bridgehead atoms. The SMILES string of the molecule is c1ccc([Si](c2ccccc2)(c2cccc(-c3ccc4c(c3)nc3n4-c4ccccc4CO3)c2)c2cccc(-c3ccc4sc5ccccc5c4c3)c2)cc1. The number of hydrogen-bond acceptors (Lipinski definition) is 3. The third kappa shape index (κ3) is 5.12. The molecule has 0 aliphatic carbocycles. The van der Waals surface area contributed by atoms with Crippen LogP contribution in [0.15, 0.2) is 194 Å². The van der Waals surface area contributed by atoms with Crippen molar-refractivity contribution >= 4 is 71.4 Å². The summed E-state index contributed by atoms with van der Waals surface area (Å²) < 4.78 is 10.9. The lowest BCUT2D eigenvalue weighted by Gasteiger charge is -2.35. The maximum atomic E-state index is 6.13. The molecule has 8 aromatic carbocycles. The Kier molecular flexibility index (Phi) is 7.44. The zero-order chi connectivity index (χ0) is 36.3. The van der Waals surface area contributed by atoms with Gasteiger partial charge in [-0.05, 0) is 79.4 Å². The van der Waals surface area contributed by atoms with E-state index >= 15 is 0 Å². The molecular weight excluding hydrogens is 705 g/mol. The van der Waals surface area contributed by atoms with Crippen LogP contribution in [0.1, 0.15) is 5.56 Å². The van der Waals surface area contributed by atoms with Gasteiger partial charge in [-0.1, -0.05) is 158 Å². The summed E-state index contributed by atoms with van der Waals surface area (Å²) in [4.78, 5) is 4.97. The van der Waals surface area contributed by atoms with E-state index in [-0.39, 0.29) is 0 Å². The molecule has 0 amide bonds. The third-order valence-corrected chi connectivity index (χ3v) is 17.2. The zero-order valence-corrected chi connectivity index (χ0v) is 31.7. The topological polar surface area (TPSA) is 27.1 Å². The van der Waals surface area contributed by atoms with Gasteiger partial charge in [0.2, 0.25) is 0 Å². The second-order valence-corrected chi connectivity index (χ2v) is 19.2. The molecule has 2 aromatic heterocycles. The van der Waals surface area contributed by atoms with Gasteiger partial charge in [0.05, 0.1) is 16.7 Å². The number of nitrogens with zero attached hydrogens (tertiary/aromatic N) is 2. The number of rotatable bonds is 6. The summed E-state index contributed by atoms with van der Waals surface area (Å²) in [7, 11) is -2.85. The molecule has 260 valence electrons. The van der Waals surface area contributed by atoms with Gasteiger partial charge in [-0.25, -0.2) is 0 Å². The van der Waals surface area contributed by atoms with Crippen LogP contribution in [0, 0.1) is 0 Å². The van der Waals surface area contributed by atoms with Crippen LogP contribution < -0.4 is 25.5 Å². The van der Waals surface area contributed by atoms with Crippen LogP contribution in [0.3, 0.4) is 0 Å². The van der Waals surface area contributed by atoms with Crippen molar-refractivity contribution in [2.24, 2.45) is 0 Å². The first-order valence-electron chi connectivity index (χ1n) is 18.7. The van der Waals surface area contributed by atoms with Crippen LogP contribution in [0.4, 0.5) is 0 Å². The van der Waals surface area contributed by atoms with E-state index < -0.39 is 8.07 Å². The summed E-state index contributed by atoms with van der Waals surface area (Å²) in [6.45, 7) is 0.529. The van der Waals surface area contributed by atoms with Crippen LogP contribution in [0.5, 0.6) is 6.01 Å². The lowest BCUT2D eigenvalue weighted by atomic mass is 10.0. The first kappa shape index (κ1) is 31.9. The molecule has 3 nitrogen and oxygen atoms in total. The molecule has 0 unspecified atom stereocenters. The van der Waals surface area contributed by atoms with Crippen molar-refractivity contribution in [2.45, 2.75) is 6.61 Å². The fraction of sp³-hybridized carbons (Fsp3) is 0.0200. The molecule has 10 aromatic rings. The van der Waals surface area contributed by atoms with Gasteiger partial charge in [-0.2, -0.15) is 4.98 Å². The Hall–Kier alpha value is -6.53. The molecule has 1 aliphatic rings. The Labute approximate surface area is 324 Å². The number of para-hydroxylation sites is 1. The van der Waals surface area contributed by atoms with E-state index in [1.807, 2.05) is 11.3 Å². The number of benzene rings is 8. The highest BCUT2D eigenvalue weighted by molar-refractivity contribution is 7.25. The van der Waals surface area contributed by atoms with E-state index in [1.165, 1.54) is 63.2 Å². The van der Waals surface area contributed by atoms with Crippen LogP contribution in [-0.2, 0) is 6.61 Å². The molecule has 0 saturated carbocycles. The summed E-state index contributed by atoms with van der Waals surface area (Å²) in [6.07, 6.45) is 0. The lowest BCUT2D eigenvalue weighted by Crippen LogP contribution is -2.74. The highest BCUT2D eigenvalue weighted by atomic mass is 32.1. The van der Waals surface area contributed by atoms with Crippen LogP contribution in [0.2, 0.25) is 0 Å². The van der Waals surface area contributed by atoms with E-state index in [0.717, 1.165) is 22.3 Å². The smallest absolute Gasteiger partial charge is 0.302 e. The number of hydrogen-bond donors (Lipinski definition) is 0. The Balaban J connectivity index is 1.10. The molecule has 0 radical (unpaired) electrons. The highest BCUT2D eigenvalue weighted by Gasteiger charge is 2.41. The van der Waals surface area contributed by atoms with Crippen LogP contribution in [0.25, 0.3) is 59.1 Å². The molecule has 0 spiro atoms. The van der Waals surface area contributed by atoms with Gasteiger partial charge in [0.1, 0.15) is 6.61 Å². The normalized spacial score (nSPS) is 12.4. The van der Waals surface area contributed by atoms with E-state index in [1.54, 1.807) is 0 Å². The second-order valence-electron chi connectivity index (χ2n) is 14.3. The zero-order valence-electron chi connectivity index (χ0n) is 29.9. The Bertz CT molecular complexity index is 3020. The molecule has 11 rings (SSSR count). The predicted octanol–water partition coefficient (Wildman–Crippen LogP) is 10.00.